The molecule has 0 spiro atoms. The smallest absolute Gasteiger partial charge is 1.00 e. The molecular weight excluding hydrogens is 216 g/mol. The van der Waals surface area contributed by atoms with Gasteiger partial charge in [0.05, 0.1) is 0 Å². The van der Waals surface area contributed by atoms with Gasteiger partial charge in [0.1, 0.15) is 0 Å². The minimum Gasteiger partial charge on any atom is -1.00 e. The molecule has 0 aromatic carbocycles. The van der Waals surface area contributed by atoms with E-state index in [2.05, 4.69) is 0 Å². The van der Waals surface area contributed by atoms with Gasteiger partial charge in [-0.15, -0.1) is 0 Å². The number of halogens is 2. The van der Waals surface area contributed by atoms with Crippen molar-refractivity contribution >= 4 is 0 Å². The maximum absolute atomic E-state index is 0. The third kappa shape index (κ3) is 251. The second kappa shape index (κ2) is 390. The van der Waals surface area contributed by atoms with Gasteiger partial charge in [0.25, 0.3) is 0 Å². The summed E-state index contributed by atoms with van der Waals surface area (Å²) in [7, 11) is 0. The summed E-state index contributed by atoms with van der Waals surface area (Å²) in [5.41, 5.74) is 0. The van der Waals surface area contributed by atoms with Crippen LogP contribution in [0.3, 0.4) is 0 Å². The first kappa shape index (κ1) is 573. The largest absolute Gasteiger partial charge is 2.00 e. The van der Waals surface area contributed by atoms with Gasteiger partial charge in [-0.25, -0.2) is 0 Å². The zero-order chi connectivity index (χ0) is 0. The van der Waals surface area contributed by atoms with E-state index in [1.165, 1.54) is 0 Å². The molecule has 0 heterocycles. The molecular formula is H10Cl2O5Zn. The van der Waals surface area contributed by atoms with E-state index >= 15 is 0 Å². The number of rotatable bonds is 0. The van der Waals surface area contributed by atoms with Gasteiger partial charge in [0.15, 0.2) is 0 Å². The molecule has 0 saturated carbocycles. The van der Waals surface area contributed by atoms with E-state index in [0.717, 1.165) is 0 Å². The zero-order valence-electron chi connectivity index (χ0n) is 3.96. The Bertz CT molecular complexity index is 10.4. The maximum atomic E-state index is 0. The summed E-state index contributed by atoms with van der Waals surface area (Å²) in [6.45, 7) is 0. The van der Waals surface area contributed by atoms with Crippen molar-refractivity contribution < 1.29 is 71.7 Å². The quantitative estimate of drug-likeness (QED) is 0.359. The van der Waals surface area contributed by atoms with Crippen LogP contribution in [0.4, 0.5) is 0 Å². The van der Waals surface area contributed by atoms with Crippen LogP contribution in [0.15, 0.2) is 0 Å². The molecule has 8 heavy (non-hydrogen) atoms. The monoisotopic (exact) mass is 224 g/mol. The van der Waals surface area contributed by atoms with Gasteiger partial charge in [-0.3, -0.25) is 0 Å². The Morgan fingerprint density at radius 3 is 0.375 bits per heavy atom. The number of hydrogen-bond acceptors (Lipinski definition) is 0. The molecule has 0 aromatic heterocycles. The predicted octanol–water partition coefficient (Wildman–Crippen LogP) is -10.1. The van der Waals surface area contributed by atoms with Crippen molar-refractivity contribution in [3.8, 4) is 0 Å². The Hall–Kier alpha value is 1.00. The third-order valence-corrected chi connectivity index (χ3v) is 0. The molecule has 0 unspecified atom stereocenters. The summed E-state index contributed by atoms with van der Waals surface area (Å²) >= 11 is 0. The van der Waals surface area contributed by atoms with E-state index in [4.69, 9.17) is 0 Å². The first-order valence-corrected chi connectivity index (χ1v) is 0. The predicted molar refractivity (Wildman–Crippen MR) is 18.1 cm³/mol. The second-order valence-electron chi connectivity index (χ2n) is 0. The molecule has 0 radical (unpaired) electrons. The van der Waals surface area contributed by atoms with E-state index in [-0.39, 0.29) is 71.7 Å². The van der Waals surface area contributed by atoms with Crippen LogP contribution in [-0.4, -0.2) is 27.4 Å². The Kier molecular flexibility index (Phi) is 27900. The van der Waals surface area contributed by atoms with Crippen LogP contribution in [0.5, 0.6) is 0 Å². The van der Waals surface area contributed by atoms with Gasteiger partial charge in [0.2, 0.25) is 0 Å². The van der Waals surface area contributed by atoms with Gasteiger partial charge < -0.3 is 52.2 Å². The van der Waals surface area contributed by atoms with Crippen LogP contribution in [0.25, 0.3) is 0 Å². The Morgan fingerprint density at radius 1 is 0.375 bits per heavy atom. The van der Waals surface area contributed by atoms with E-state index in [1.807, 2.05) is 0 Å². The molecule has 0 atom stereocenters. The molecule has 0 aliphatic heterocycles. The minimum atomic E-state index is 0. The fourth-order valence-corrected chi connectivity index (χ4v) is 0. The van der Waals surface area contributed by atoms with Crippen molar-refractivity contribution in [2.75, 3.05) is 0 Å². The van der Waals surface area contributed by atoms with E-state index in [0.29, 0.717) is 0 Å². The third-order valence-electron chi connectivity index (χ3n) is 0. The summed E-state index contributed by atoms with van der Waals surface area (Å²) in [4.78, 5) is 0. The van der Waals surface area contributed by atoms with Crippen molar-refractivity contribution in [3.05, 3.63) is 0 Å². The Balaban J connectivity index is 0. The van der Waals surface area contributed by atoms with Gasteiger partial charge in [-0.05, 0) is 0 Å². The molecule has 0 aromatic rings. The van der Waals surface area contributed by atoms with E-state index in [1.54, 1.807) is 0 Å². The Morgan fingerprint density at radius 2 is 0.375 bits per heavy atom. The van der Waals surface area contributed by atoms with Crippen molar-refractivity contribution in [2.24, 2.45) is 0 Å². The zero-order valence-corrected chi connectivity index (χ0v) is 8.44. The van der Waals surface area contributed by atoms with Gasteiger partial charge in [0, 0.05) is 0 Å². The molecule has 0 aliphatic carbocycles. The maximum Gasteiger partial charge on any atom is 2.00 e. The van der Waals surface area contributed by atoms with Crippen LogP contribution in [0.2, 0.25) is 0 Å². The van der Waals surface area contributed by atoms with Crippen LogP contribution < -0.4 is 24.8 Å². The average molecular weight is 226 g/mol. The van der Waals surface area contributed by atoms with Gasteiger partial charge in [-0.2, -0.15) is 0 Å². The van der Waals surface area contributed by atoms with Crippen LogP contribution in [-0.2, 0) is 19.5 Å². The van der Waals surface area contributed by atoms with Gasteiger partial charge >= 0.3 is 19.5 Å². The fraction of sp³-hybridized carbons (Fsp3) is 0. The molecule has 0 saturated heterocycles. The average Bonchev–Trinajstić information content (AvgIpc) is 0. The molecule has 0 rings (SSSR count). The summed E-state index contributed by atoms with van der Waals surface area (Å²) in [5, 5.41) is 0. The SMILES string of the molecule is O.O.O.O.O.[Cl-].[Cl-].[Zn+2]. The molecule has 5 nitrogen and oxygen atoms in total. The topological polar surface area (TPSA) is 158 Å². The van der Waals surface area contributed by atoms with Crippen LogP contribution in [0.1, 0.15) is 0 Å². The Labute approximate surface area is 72.0 Å². The first-order valence-electron chi connectivity index (χ1n) is 0. The van der Waals surface area contributed by atoms with E-state index in [9.17, 15) is 0 Å². The van der Waals surface area contributed by atoms with Crippen molar-refractivity contribution in [1.82, 2.24) is 0 Å². The molecule has 0 amide bonds. The number of hydrogen-bond donors (Lipinski definition) is 0. The molecule has 10 N–H and O–H groups in total. The first-order chi connectivity index (χ1) is 0. The van der Waals surface area contributed by atoms with Crippen LogP contribution >= 0.6 is 0 Å². The summed E-state index contributed by atoms with van der Waals surface area (Å²) in [6.07, 6.45) is 0. The van der Waals surface area contributed by atoms with Gasteiger partial charge in [-0.1, -0.05) is 0 Å². The molecule has 0 bridgehead atoms. The minimum absolute atomic E-state index is 0. The van der Waals surface area contributed by atoms with E-state index < -0.39 is 0 Å². The molecule has 56 valence electrons. The molecule has 0 aliphatic rings. The second-order valence-corrected chi connectivity index (χ2v) is 0. The summed E-state index contributed by atoms with van der Waals surface area (Å²) in [6, 6.07) is 0. The summed E-state index contributed by atoms with van der Waals surface area (Å²) < 4.78 is 0. The normalized spacial score (nSPS) is 0. The van der Waals surface area contributed by atoms with Crippen molar-refractivity contribution in [3.63, 3.8) is 0 Å². The molecule has 8 heteroatoms. The standard InChI is InChI=1S/2ClH.5H2O.Zn/h2*1H;5*1H2;/q;;;;;;;+2/p-2. The molecule has 0 fully saturated rings. The summed E-state index contributed by atoms with van der Waals surface area (Å²) in [5.74, 6) is 0. The van der Waals surface area contributed by atoms with Crippen molar-refractivity contribution in [2.45, 2.75) is 0 Å². The van der Waals surface area contributed by atoms with Crippen LogP contribution in [0, 0.1) is 0 Å². The van der Waals surface area contributed by atoms with Crippen molar-refractivity contribution in [1.29, 1.82) is 0 Å². The fourth-order valence-electron chi connectivity index (χ4n) is 0.